The monoisotopic (exact) mass is 378 g/mol. The van der Waals surface area contributed by atoms with E-state index in [0.29, 0.717) is 35.0 Å². The van der Waals surface area contributed by atoms with Crippen molar-refractivity contribution in [2.75, 3.05) is 37.6 Å². The molecule has 0 fully saturated rings. The molecule has 2 aromatic rings. The zero-order valence-corrected chi connectivity index (χ0v) is 15.8. The van der Waals surface area contributed by atoms with Gasteiger partial charge in [0.2, 0.25) is 6.79 Å². The largest absolute Gasteiger partial charge is 0.453 e. The molecule has 0 spiro atoms. The van der Waals surface area contributed by atoms with E-state index in [0.717, 1.165) is 16.8 Å². The minimum absolute atomic E-state index is 0.100. The van der Waals surface area contributed by atoms with Gasteiger partial charge in [-0.25, -0.2) is 0 Å². The molecule has 2 heterocycles. The first-order valence-electron chi connectivity index (χ1n) is 8.95. The van der Waals surface area contributed by atoms with Gasteiger partial charge in [0.1, 0.15) is 0 Å². The van der Waals surface area contributed by atoms with E-state index >= 15 is 0 Å². The molecule has 2 aliphatic heterocycles. The van der Waals surface area contributed by atoms with Gasteiger partial charge in [0, 0.05) is 48.7 Å². The van der Waals surface area contributed by atoms with E-state index in [4.69, 9.17) is 15.2 Å². The Balaban J connectivity index is 1.62. The molecule has 0 saturated carbocycles. The summed E-state index contributed by atoms with van der Waals surface area (Å²) in [6.07, 6.45) is 3.63. The van der Waals surface area contributed by atoms with Crippen LogP contribution in [0.2, 0.25) is 0 Å². The van der Waals surface area contributed by atoms with Gasteiger partial charge in [-0.1, -0.05) is 0 Å². The highest BCUT2D eigenvalue weighted by atomic mass is 16.7. The van der Waals surface area contributed by atoms with Crippen LogP contribution in [-0.4, -0.2) is 33.3 Å². The zero-order valence-electron chi connectivity index (χ0n) is 15.8. The fraction of sp³-hybridized carbons (Fsp3) is 0.190. The fourth-order valence-corrected chi connectivity index (χ4v) is 3.20. The molecular formula is C21H22N4O3. The summed E-state index contributed by atoms with van der Waals surface area (Å²) in [7, 11) is 3.91. The number of allylic oxidation sites excluding steroid dienone is 1. The Bertz CT molecular complexity index is 978. The molecule has 4 rings (SSSR count). The number of ether oxygens (including phenoxy) is 2. The molecule has 1 amide bonds. The zero-order chi connectivity index (χ0) is 19.7. The summed E-state index contributed by atoms with van der Waals surface area (Å²) in [5, 5.41) is 6.06. The molecule has 2 aliphatic rings. The van der Waals surface area contributed by atoms with Crippen molar-refractivity contribution in [1.82, 2.24) is 5.32 Å². The van der Waals surface area contributed by atoms with Crippen molar-refractivity contribution in [1.29, 1.82) is 0 Å². The Morgan fingerprint density at radius 3 is 2.57 bits per heavy atom. The van der Waals surface area contributed by atoms with E-state index in [2.05, 4.69) is 10.6 Å². The lowest BCUT2D eigenvalue weighted by Gasteiger charge is -2.17. The van der Waals surface area contributed by atoms with Crippen LogP contribution in [0, 0.1) is 0 Å². The summed E-state index contributed by atoms with van der Waals surface area (Å²) in [6.45, 7) is 0.700. The molecule has 0 atom stereocenters. The number of carbonyl (C=O) groups excluding carboxylic acids is 1. The van der Waals surface area contributed by atoms with E-state index in [-0.39, 0.29) is 12.7 Å². The van der Waals surface area contributed by atoms with Crippen LogP contribution in [-0.2, 0) is 0 Å². The summed E-state index contributed by atoms with van der Waals surface area (Å²) in [6, 6.07) is 11.1. The number of anilines is 2. The van der Waals surface area contributed by atoms with Gasteiger partial charge in [-0.2, -0.15) is 0 Å². The van der Waals surface area contributed by atoms with E-state index in [9.17, 15) is 4.79 Å². The van der Waals surface area contributed by atoms with E-state index in [1.807, 2.05) is 55.5 Å². The summed E-state index contributed by atoms with van der Waals surface area (Å²) >= 11 is 0. The molecule has 7 heteroatoms. The molecule has 0 radical (unpaired) electrons. The van der Waals surface area contributed by atoms with E-state index < -0.39 is 0 Å². The standard InChI is InChI=1S/C21H22N4O3/c1-25(2)14-5-3-13(4-6-14)21(26)24-18-8-7-15(19-20(18)28-12-27-19)16-11-23-10-9-17(16)22/h3-10,23H,11-12,22H2,1-2H3,(H,24,26). The first-order valence-corrected chi connectivity index (χ1v) is 8.95. The Morgan fingerprint density at radius 1 is 1.11 bits per heavy atom. The second kappa shape index (κ2) is 7.19. The van der Waals surface area contributed by atoms with Crippen LogP contribution in [0.4, 0.5) is 11.4 Å². The quantitative estimate of drug-likeness (QED) is 0.758. The van der Waals surface area contributed by atoms with Gasteiger partial charge in [0.15, 0.2) is 11.5 Å². The number of fused-ring (bicyclic) bond motifs is 1. The van der Waals surface area contributed by atoms with Gasteiger partial charge >= 0.3 is 0 Å². The van der Waals surface area contributed by atoms with Gasteiger partial charge in [-0.05, 0) is 48.7 Å². The molecule has 0 aromatic heterocycles. The van der Waals surface area contributed by atoms with Crippen molar-refractivity contribution in [3.05, 3.63) is 65.5 Å². The Morgan fingerprint density at radius 2 is 1.86 bits per heavy atom. The number of hydrogen-bond acceptors (Lipinski definition) is 6. The molecule has 2 aromatic carbocycles. The van der Waals surface area contributed by atoms with E-state index in [1.165, 1.54) is 0 Å². The number of carbonyl (C=O) groups is 1. The number of nitrogens with zero attached hydrogens (tertiary/aromatic N) is 1. The summed E-state index contributed by atoms with van der Waals surface area (Å²) in [4.78, 5) is 14.6. The summed E-state index contributed by atoms with van der Waals surface area (Å²) in [5.74, 6) is 0.901. The molecule has 0 bridgehead atoms. The van der Waals surface area contributed by atoms with Crippen LogP contribution < -0.4 is 30.7 Å². The Hall–Kier alpha value is -3.61. The highest BCUT2D eigenvalue weighted by Crippen LogP contribution is 2.45. The lowest BCUT2D eigenvalue weighted by Crippen LogP contribution is -2.18. The van der Waals surface area contributed by atoms with Crippen LogP contribution in [0.1, 0.15) is 15.9 Å². The molecule has 0 saturated heterocycles. The molecule has 7 nitrogen and oxygen atoms in total. The number of dihydropyridines is 1. The maximum absolute atomic E-state index is 12.7. The number of rotatable bonds is 4. The van der Waals surface area contributed by atoms with Gasteiger partial charge in [0.25, 0.3) is 5.91 Å². The average Bonchev–Trinajstić information content (AvgIpc) is 3.19. The van der Waals surface area contributed by atoms with Crippen LogP contribution >= 0.6 is 0 Å². The SMILES string of the molecule is CN(C)c1ccc(C(=O)Nc2ccc(C3=C(N)C=CNC3)c3c2OCO3)cc1. The second-order valence-electron chi connectivity index (χ2n) is 6.77. The van der Waals surface area contributed by atoms with Gasteiger partial charge in [-0.3, -0.25) is 4.79 Å². The number of benzene rings is 2. The Kier molecular flexibility index (Phi) is 4.57. The molecule has 0 unspecified atom stereocenters. The second-order valence-corrected chi connectivity index (χ2v) is 6.77. The normalized spacial score (nSPS) is 14.6. The molecule has 144 valence electrons. The fourth-order valence-electron chi connectivity index (χ4n) is 3.20. The van der Waals surface area contributed by atoms with Crippen LogP contribution in [0.5, 0.6) is 11.5 Å². The number of nitrogens with two attached hydrogens (primary N) is 1. The summed E-state index contributed by atoms with van der Waals surface area (Å²) < 4.78 is 11.3. The molecule has 4 N–H and O–H groups in total. The lowest BCUT2D eigenvalue weighted by atomic mass is 10.00. The lowest BCUT2D eigenvalue weighted by molar-refractivity contribution is 0.102. The maximum Gasteiger partial charge on any atom is 0.255 e. The van der Waals surface area contributed by atoms with Gasteiger partial charge in [-0.15, -0.1) is 0 Å². The highest BCUT2D eigenvalue weighted by Gasteiger charge is 2.26. The van der Waals surface area contributed by atoms with Crippen LogP contribution in [0.15, 0.2) is 54.4 Å². The van der Waals surface area contributed by atoms with Crippen molar-refractivity contribution in [2.24, 2.45) is 5.73 Å². The van der Waals surface area contributed by atoms with Crippen molar-refractivity contribution in [3.63, 3.8) is 0 Å². The van der Waals surface area contributed by atoms with Gasteiger partial charge < -0.3 is 30.7 Å². The first kappa shape index (κ1) is 17.8. The van der Waals surface area contributed by atoms with Crippen LogP contribution in [0.25, 0.3) is 5.57 Å². The van der Waals surface area contributed by atoms with Crippen molar-refractivity contribution in [3.8, 4) is 11.5 Å². The first-order chi connectivity index (χ1) is 13.5. The molecule has 0 aliphatic carbocycles. The minimum Gasteiger partial charge on any atom is -0.453 e. The third-order valence-electron chi connectivity index (χ3n) is 4.75. The predicted octanol–water partition coefficient (Wildman–Crippen LogP) is 2.52. The molecule has 28 heavy (non-hydrogen) atoms. The van der Waals surface area contributed by atoms with Crippen molar-refractivity contribution < 1.29 is 14.3 Å². The minimum atomic E-state index is -0.211. The number of nitrogens with one attached hydrogen (secondary N) is 2. The van der Waals surface area contributed by atoms with Crippen molar-refractivity contribution >= 4 is 22.9 Å². The maximum atomic E-state index is 12.7. The third-order valence-corrected chi connectivity index (χ3v) is 4.75. The number of amides is 1. The molecular weight excluding hydrogens is 356 g/mol. The highest BCUT2D eigenvalue weighted by molar-refractivity contribution is 6.05. The topological polar surface area (TPSA) is 88.9 Å². The summed E-state index contributed by atoms with van der Waals surface area (Å²) in [5.41, 5.74) is 10.7. The smallest absolute Gasteiger partial charge is 0.255 e. The Labute approximate surface area is 163 Å². The van der Waals surface area contributed by atoms with Crippen molar-refractivity contribution in [2.45, 2.75) is 0 Å². The number of hydrogen-bond donors (Lipinski definition) is 3. The third kappa shape index (κ3) is 3.22. The average molecular weight is 378 g/mol. The van der Waals surface area contributed by atoms with Crippen LogP contribution in [0.3, 0.4) is 0 Å². The van der Waals surface area contributed by atoms with Gasteiger partial charge in [0.05, 0.1) is 5.69 Å². The predicted molar refractivity (Wildman–Crippen MR) is 110 cm³/mol. The van der Waals surface area contributed by atoms with E-state index in [1.54, 1.807) is 12.1 Å².